The third-order valence-corrected chi connectivity index (χ3v) is 2.90. The van der Waals surface area contributed by atoms with Crippen LogP contribution in [-0.2, 0) is 0 Å². The van der Waals surface area contributed by atoms with E-state index in [1.807, 2.05) is 0 Å². The Morgan fingerprint density at radius 1 is 1.38 bits per heavy atom. The molecule has 0 fully saturated rings. The second-order valence-electron chi connectivity index (χ2n) is 4.59. The molecule has 1 aromatic heterocycles. The summed E-state index contributed by atoms with van der Waals surface area (Å²) in [5.41, 5.74) is 0.666. The maximum Gasteiger partial charge on any atom is 0.311 e. The second-order valence-corrected chi connectivity index (χ2v) is 4.59. The van der Waals surface area contributed by atoms with Gasteiger partial charge in [0, 0.05) is 24.9 Å². The molecular formula is C15H17N3O3. The highest BCUT2D eigenvalue weighted by molar-refractivity contribution is 5.53. The molecule has 0 aliphatic carbocycles. The molecule has 1 aromatic carbocycles. The van der Waals surface area contributed by atoms with Crippen LogP contribution in [0, 0.1) is 17.0 Å². The van der Waals surface area contributed by atoms with Gasteiger partial charge >= 0.3 is 5.69 Å². The Kier molecular flexibility index (Phi) is 4.71. The number of ether oxygens (including phenoxy) is 1. The summed E-state index contributed by atoms with van der Waals surface area (Å²) in [5, 5.41) is 14.2. The number of rotatable bonds is 6. The highest BCUT2D eigenvalue weighted by atomic mass is 16.6. The monoisotopic (exact) mass is 287 g/mol. The third kappa shape index (κ3) is 3.68. The standard InChI is InChI=1S/C15H17N3O3/c1-3-8-16-14-10-12(7-9-17-14)21-15-11(2)5-4-6-13(15)18(19)20/h4-7,9-10H,3,8H2,1-2H3,(H,16,17). The number of hydrogen-bond acceptors (Lipinski definition) is 5. The SMILES string of the molecule is CCCNc1cc(Oc2c(C)cccc2[N+](=O)[O-])ccn1. The number of aromatic nitrogens is 1. The van der Waals surface area contributed by atoms with Crippen molar-refractivity contribution in [2.24, 2.45) is 0 Å². The van der Waals surface area contributed by atoms with Crippen LogP contribution in [0.5, 0.6) is 11.5 Å². The molecule has 0 aliphatic rings. The summed E-state index contributed by atoms with van der Waals surface area (Å²) < 4.78 is 5.70. The number of nitro groups is 1. The summed E-state index contributed by atoms with van der Waals surface area (Å²) in [6.45, 7) is 4.64. The van der Waals surface area contributed by atoms with Gasteiger partial charge in [0.1, 0.15) is 11.6 Å². The molecule has 0 saturated heterocycles. The molecule has 0 bridgehead atoms. The molecule has 2 aromatic rings. The summed E-state index contributed by atoms with van der Waals surface area (Å²) in [5.74, 6) is 1.46. The van der Waals surface area contributed by atoms with Gasteiger partial charge in [-0.05, 0) is 25.0 Å². The number of nitro benzene ring substituents is 1. The van der Waals surface area contributed by atoms with Crippen molar-refractivity contribution in [3.63, 3.8) is 0 Å². The van der Waals surface area contributed by atoms with Crippen molar-refractivity contribution < 1.29 is 9.66 Å². The molecule has 1 heterocycles. The van der Waals surface area contributed by atoms with E-state index in [2.05, 4.69) is 17.2 Å². The van der Waals surface area contributed by atoms with Crippen molar-refractivity contribution >= 4 is 11.5 Å². The number of nitrogens with one attached hydrogen (secondary N) is 1. The number of para-hydroxylation sites is 1. The predicted molar refractivity (Wildman–Crippen MR) is 80.9 cm³/mol. The van der Waals surface area contributed by atoms with Crippen LogP contribution in [0.15, 0.2) is 36.5 Å². The van der Waals surface area contributed by atoms with Gasteiger partial charge in [0.05, 0.1) is 4.92 Å². The fraction of sp³-hybridized carbons (Fsp3) is 0.267. The molecule has 6 nitrogen and oxygen atoms in total. The summed E-state index contributed by atoms with van der Waals surface area (Å²) in [7, 11) is 0. The maximum absolute atomic E-state index is 11.1. The number of anilines is 1. The minimum absolute atomic E-state index is 0.0464. The minimum Gasteiger partial charge on any atom is -0.450 e. The Bertz CT molecular complexity index is 644. The maximum atomic E-state index is 11.1. The zero-order valence-corrected chi connectivity index (χ0v) is 12.0. The normalized spacial score (nSPS) is 10.2. The number of aryl methyl sites for hydroxylation is 1. The van der Waals surface area contributed by atoms with Gasteiger partial charge < -0.3 is 10.1 Å². The summed E-state index contributed by atoms with van der Waals surface area (Å²) in [4.78, 5) is 14.8. The first-order chi connectivity index (χ1) is 10.1. The fourth-order valence-corrected chi connectivity index (χ4v) is 1.86. The van der Waals surface area contributed by atoms with E-state index in [4.69, 9.17) is 4.74 Å². The van der Waals surface area contributed by atoms with Gasteiger partial charge in [-0.15, -0.1) is 0 Å². The van der Waals surface area contributed by atoms with Gasteiger partial charge in [-0.25, -0.2) is 4.98 Å². The Labute approximate surface area is 122 Å². The molecule has 21 heavy (non-hydrogen) atoms. The largest absolute Gasteiger partial charge is 0.450 e. The molecule has 0 atom stereocenters. The van der Waals surface area contributed by atoms with E-state index in [1.54, 1.807) is 37.4 Å². The lowest BCUT2D eigenvalue weighted by Gasteiger charge is -2.10. The van der Waals surface area contributed by atoms with Crippen LogP contribution in [0.1, 0.15) is 18.9 Å². The quantitative estimate of drug-likeness (QED) is 0.643. The van der Waals surface area contributed by atoms with E-state index in [-0.39, 0.29) is 11.4 Å². The van der Waals surface area contributed by atoms with Crippen molar-refractivity contribution in [2.45, 2.75) is 20.3 Å². The average molecular weight is 287 g/mol. The van der Waals surface area contributed by atoms with Crippen LogP contribution in [0.4, 0.5) is 11.5 Å². The first-order valence-electron chi connectivity index (χ1n) is 6.73. The molecule has 1 N–H and O–H groups in total. The summed E-state index contributed by atoms with van der Waals surface area (Å²) in [6.07, 6.45) is 2.59. The van der Waals surface area contributed by atoms with Gasteiger partial charge in [0.25, 0.3) is 0 Å². The van der Waals surface area contributed by atoms with Crippen molar-refractivity contribution in [3.05, 3.63) is 52.2 Å². The number of benzene rings is 1. The van der Waals surface area contributed by atoms with Gasteiger partial charge in [0.2, 0.25) is 5.75 Å². The number of hydrogen-bond donors (Lipinski definition) is 1. The Hall–Kier alpha value is -2.63. The Balaban J connectivity index is 2.28. The summed E-state index contributed by atoms with van der Waals surface area (Å²) >= 11 is 0. The van der Waals surface area contributed by atoms with Crippen LogP contribution in [-0.4, -0.2) is 16.5 Å². The second kappa shape index (κ2) is 6.69. The Morgan fingerprint density at radius 2 is 2.19 bits per heavy atom. The topological polar surface area (TPSA) is 77.3 Å². The van der Waals surface area contributed by atoms with Crippen molar-refractivity contribution in [2.75, 3.05) is 11.9 Å². The lowest BCUT2D eigenvalue weighted by atomic mass is 10.2. The molecule has 2 rings (SSSR count). The van der Waals surface area contributed by atoms with E-state index in [0.717, 1.165) is 13.0 Å². The van der Waals surface area contributed by atoms with Crippen LogP contribution < -0.4 is 10.1 Å². The highest BCUT2D eigenvalue weighted by Crippen LogP contribution is 2.34. The van der Waals surface area contributed by atoms with E-state index < -0.39 is 4.92 Å². The van der Waals surface area contributed by atoms with E-state index in [9.17, 15) is 10.1 Å². The van der Waals surface area contributed by atoms with Gasteiger partial charge in [0.15, 0.2) is 0 Å². The van der Waals surface area contributed by atoms with Crippen LogP contribution in [0.2, 0.25) is 0 Å². The predicted octanol–water partition coefficient (Wildman–Crippen LogP) is 3.91. The van der Waals surface area contributed by atoms with Crippen molar-refractivity contribution in [1.29, 1.82) is 0 Å². The van der Waals surface area contributed by atoms with Crippen LogP contribution >= 0.6 is 0 Å². The smallest absolute Gasteiger partial charge is 0.311 e. The first-order valence-corrected chi connectivity index (χ1v) is 6.73. The third-order valence-electron chi connectivity index (χ3n) is 2.90. The molecule has 0 unspecified atom stereocenters. The molecule has 0 aliphatic heterocycles. The highest BCUT2D eigenvalue weighted by Gasteiger charge is 2.17. The van der Waals surface area contributed by atoms with E-state index >= 15 is 0 Å². The van der Waals surface area contributed by atoms with Gasteiger partial charge in [-0.2, -0.15) is 0 Å². The molecule has 0 radical (unpaired) electrons. The van der Waals surface area contributed by atoms with Gasteiger partial charge in [-0.1, -0.05) is 19.1 Å². The molecule has 0 spiro atoms. The molecular weight excluding hydrogens is 270 g/mol. The molecule has 110 valence electrons. The van der Waals surface area contributed by atoms with Crippen molar-refractivity contribution in [3.8, 4) is 11.5 Å². The van der Waals surface area contributed by atoms with Gasteiger partial charge in [-0.3, -0.25) is 10.1 Å². The zero-order chi connectivity index (χ0) is 15.2. The molecule has 0 amide bonds. The fourth-order valence-electron chi connectivity index (χ4n) is 1.86. The zero-order valence-electron chi connectivity index (χ0n) is 12.0. The molecule has 6 heteroatoms. The van der Waals surface area contributed by atoms with E-state index in [0.29, 0.717) is 17.1 Å². The van der Waals surface area contributed by atoms with Crippen molar-refractivity contribution in [1.82, 2.24) is 4.98 Å². The Morgan fingerprint density at radius 3 is 2.90 bits per heavy atom. The average Bonchev–Trinajstić information content (AvgIpc) is 2.47. The first kappa shape index (κ1) is 14.8. The van der Waals surface area contributed by atoms with E-state index in [1.165, 1.54) is 6.07 Å². The lowest BCUT2D eigenvalue weighted by Crippen LogP contribution is -2.02. The number of nitrogens with zero attached hydrogens (tertiary/aromatic N) is 2. The molecule has 0 saturated carbocycles. The number of pyridine rings is 1. The summed E-state index contributed by atoms with van der Waals surface area (Å²) in [6, 6.07) is 8.25. The van der Waals surface area contributed by atoms with Crippen LogP contribution in [0.25, 0.3) is 0 Å². The van der Waals surface area contributed by atoms with Crippen LogP contribution in [0.3, 0.4) is 0 Å². The lowest BCUT2D eigenvalue weighted by molar-refractivity contribution is -0.385. The minimum atomic E-state index is -0.445.